The van der Waals surface area contributed by atoms with E-state index in [1.807, 2.05) is 24.3 Å². The molecule has 0 unspecified atom stereocenters. The second kappa shape index (κ2) is 9.09. The lowest BCUT2D eigenvalue weighted by Crippen LogP contribution is -2.35. The zero-order chi connectivity index (χ0) is 19.2. The van der Waals surface area contributed by atoms with Gasteiger partial charge < -0.3 is 15.4 Å². The molecule has 3 rings (SSSR count). The van der Waals surface area contributed by atoms with Crippen molar-refractivity contribution in [3.05, 3.63) is 34.6 Å². The molecule has 1 aliphatic rings. The van der Waals surface area contributed by atoms with Crippen molar-refractivity contribution in [1.29, 1.82) is 0 Å². The molecule has 0 aliphatic heterocycles. The molecule has 0 radical (unpaired) electrons. The van der Waals surface area contributed by atoms with Gasteiger partial charge in [-0.3, -0.25) is 4.79 Å². The SMILES string of the molecule is CNC(=O)c1nn(-c2ccc(OC)cc2)sc1=NC(=S)NC1CCCCC1. The van der Waals surface area contributed by atoms with Gasteiger partial charge in [0.1, 0.15) is 5.75 Å². The van der Waals surface area contributed by atoms with Crippen molar-refractivity contribution in [2.24, 2.45) is 4.99 Å². The van der Waals surface area contributed by atoms with Crippen LogP contribution >= 0.6 is 23.8 Å². The maximum Gasteiger partial charge on any atom is 0.274 e. The highest BCUT2D eigenvalue weighted by molar-refractivity contribution is 7.80. The van der Waals surface area contributed by atoms with E-state index in [1.54, 1.807) is 18.2 Å². The molecular formula is C18H23N5O2S2. The van der Waals surface area contributed by atoms with Crippen molar-refractivity contribution in [3.63, 3.8) is 0 Å². The quantitative estimate of drug-likeness (QED) is 0.764. The second-order valence-electron chi connectivity index (χ2n) is 6.29. The van der Waals surface area contributed by atoms with Crippen LogP contribution in [0.3, 0.4) is 0 Å². The van der Waals surface area contributed by atoms with Gasteiger partial charge in [-0.05, 0) is 60.9 Å². The maximum atomic E-state index is 12.2. The van der Waals surface area contributed by atoms with Crippen molar-refractivity contribution in [2.75, 3.05) is 14.2 Å². The minimum atomic E-state index is -0.294. The Morgan fingerprint density at radius 3 is 2.63 bits per heavy atom. The summed E-state index contributed by atoms with van der Waals surface area (Å²) in [6.07, 6.45) is 5.90. The van der Waals surface area contributed by atoms with Crippen LogP contribution in [0.2, 0.25) is 0 Å². The molecule has 1 saturated carbocycles. The summed E-state index contributed by atoms with van der Waals surface area (Å²) in [6.45, 7) is 0. The standard InChI is InChI=1S/C18H23N5O2S2/c1-19-16(24)15-17(21-18(26)20-12-6-4-3-5-7-12)27-23(22-15)13-8-10-14(25-2)11-9-13/h8-12H,3-7H2,1-2H3,(H,19,24)(H,20,26). The van der Waals surface area contributed by atoms with E-state index in [9.17, 15) is 4.79 Å². The number of ether oxygens (including phenoxy) is 1. The van der Waals surface area contributed by atoms with E-state index in [1.165, 1.54) is 30.8 Å². The number of hydrogen-bond acceptors (Lipinski definition) is 5. The van der Waals surface area contributed by atoms with Crippen LogP contribution < -0.4 is 20.0 Å². The Morgan fingerprint density at radius 2 is 2.00 bits per heavy atom. The predicted molar refractivity (Wildman–Crippen MR) is 110 cm³/mol. The van der Waals surface area contributed by atoms with E-state index < -0.39 is 0 Å². The molecule has 0 spiro atoms. The van der Waals surface area contributed by atoms with Gasteiger partial charge >= 0.3 is 0 Å². The van der Waals surface area contributed by atoms with Crippen molar-refractivity contribution in [1.82, 2.24) is 19.8 Å². The summed E-state index contributed by atoms with van der Waals surface area (Å²) < 4.78 is 7.32. The van der Waals surface area contributed by atoms with E-state index in [2.05, 4.69) is 20.7 Å². The number of thiocarbonyl (C=S) groups is 1. The molecule has 0 atom stereocenters. The van der Waals surface area contributed by atoms with Crippen LogP contribution in [-0.2, 0) is 0 Å². The number of carbonyl (C=O) groups is 1. The first-order valence-corrected chi connectivity index (χ1v) is 10.1. The highest BCUT2D eigenvalue weighted by Crippen LogP contribution is 2.18. The van der Waals surface area contributed by atoms with Gasteiger partial charge in [0.05, 0.1) is 12.8 Å². The highest BCUT2D eigenvalue weighted by Gasteiger charge is 2.17. The third-order valence-corrected chi connectivity index (χ3v) is 5.57. The normalized spacial score (nSPS) is 15.4. The Labute approximate surface area is 167 Å². The van der Waals surface area contributed by atoms with Gasteiger partial charge in [0.15, 0.2) is 15.5 Å². The number of methoxy groups -OCH3 is 1. The molecule has 1 aromatic heterocycles. The summed E-state index contributed by atoms with van der Waals surface area (Å²) in [7, 11) is 3.19. The van der Waals surface area contributed by atoms with E-state index in [4.69, 9.17) is 17.0 Å². The fourth-order valence-corrected chi connectivity index (χ4v) is 4.16. The molecule has 144 valence electrons. The Bertz CT molecular complexity index is 867. The minimum Gasteiger partial charge on any atom is -0.497 e. The molecule has 27 heavy (non-hydrogen) atoms. The van der Waals surface area contributed by atoms with Crippen LogP contribution in [0.15, 0.2) is 29.3 Å². The molecule has 9 heteroatoms. The van der Waals surface area contributed by atoms with Crippen LogP contribution in [0.25, 0.3) is 5.69 Å². The van der Waals surface area contributed by atoms with Gasteiger partial charge in [0.2, 0.25) is 0 Å². The van der Waals surface area contributed by atoms with Gasteiger partial charge in [-0.15, -0.1) is 5.10 Å². The number of aromatic nitrogens is 2. The van der Waals surface area contributed by atoms with Crippen LogP contribution in [0.1, 0.15) is 42.6 Å². The first-order chi connectivity index (χ1) is 13.1. The average Bonchev–Trinajstić information content (AvgIpc) is 3.11. The molecule has 1 fully saturated rings. The number of carbonyl (C=O) groups excluding carboxylic acids is 1. The van der Waals surface area contributed by atoms with Crippen molar-refractivity contribution in [2.45, 2.75) is 38.1 Å². The Balaban J connectivity index is 1.88. The molecule has 0 bridgehead atoms. The molecule has 1 aliphatic carbocycles. The van der Waals surface area contributed by atoms with E-state index >= 15 is 0 Å². The maximum absolute atomic E-state index is 12.2. The fraction of sp³-hybridized carbons (Fsp3) is 0.444. The molecule has 1 aromatic carbocycles. The summed E-state index contributed by atoms with van der Waals surface area (Å²) in [5, 5.41) is 10.7. The third kappa shape index (κ3) is 4.92. The predicted octanol–water partition coefficient (Wildman–Crippen LogP) is 2.41. The summed E-state index contributed by atoms with van der Waals surface area (Å²) >= 11 is 6.67. The van der Waals surface area contributed by atoms with E-state index in [0.717, 1.165) is 24.3 Å². The minimum absolute atomic E-state index is 0.256. The topological polar surface area (TPSA) is 80.5 Å². The summed E-state index contributed by atoms with van der Waals surface area (Å²) in [5.74, 6) is 0.461. The summed E-state index contributed by atoms with van der Waals surface area (Å²) in [6, 6.07) is 7.79. The average molecular weight is 406 g/mol. The number of nitrogens with one attached hydrogen (secondary N) is 2. The molecule has 0 saturated heterocycles. The zero-order valence-electron chi connectivity index (χ0n) is 15.4. The smallest absolute Gasteiger partial charge is 0.274 e. The molecule has 2 N–H and O–H groups in total. The largest absolute Gasteiger partial charge is 0.497 e. The molecular weight excluding hydrogens is 382 g/mol. The lowest BCUT2D eigenvalue weighted by molar-refractivity contribution is 0.0956. The van der Waals surface area contributed by atoms with Crippen molar-refractivity contribution < 1.29 is 9.53 Å². The van der Waals surface area contributed by atoms with Gasteiger partial charge in [0.25, 0.3) is 5.91 Å². The molecule has 1 amide bonds. The first-order valence-electron chi connectivity index (χ1n) is 8.93. The monoisotopic (exact) mass is 405 g/mol. The van der Waals surface area contributed by atoms with Gasteiger partial charge in [-0.25, -0.2) is 4.99 Å². The summed E-state index contributed by atoms with van der Waals surface area (Å²) in [5.41, 5.74) is 1.07. The van der Waals surface area contributed by atoms with Gasteiger partial charge in [-0.2, -0.15) is 4.07 Å². The number of amides is 1. The van der Waals surface area contributed by atoms with Crippen LogP contribution in [0, 0.1) is 0 Å². The Morgan fingerprint density at radius 1 is 1.30 bits per heavy atom. The highest BCUT2D eigenvalue weighted by atomic mass is 32.1. The van der Waals surface area contributed by atoms with Gasteiger partial charge in [-0.1, -0.05) is 19.3 Å². The van der Waals surface area contributed by atoms with Crippen LogP contribution in [0.4, 0.5) is 0 Å². The number of nitrogens with zero attached hydrogens (tertiary/aromatic N) is 3. The molecule has 2 aromatic rings. The van der Waals surface area contributed by atoms with E-state index in [-0.39, 0.29) is 11.6 Å². The summed E-state index contributed by atoms with van der Waals surface area (Å²) in [4.78, 5) is 16.7. The fourth-order valence-electron chi connectivity index (χ4n) is 2.98. The first kappa shape index (κ1) is 19.5. The lowest BCUT2D eigenvalue weighted by atomic mass is 9.96. The third-order valence-electron chi connectivity index (χ3n) is 4.44. The Kier molecular flexibility index (Phi) is 6.57. The van der Waals surface area contributed by atoms with Crippen molar-refractivity contribution in [3.8, 4) is 11.4 Å². The molecule has 1 heterocycles. The second-order valence-corrected chi connectivity index (χ2v) is 7.59. The molecule has 7 nitrogen and oxygen atoms in total. The van der Waals surface area contributed by atoms with Crippen LogP contribution in [-0.4, -0.2) is 40.4 Å². The van der Waals surface area contributed by atoms with E-state index in [0.29, 0.717) is 15.8 Å². The number of benzene rings is 1. The lowest BCUT2D eigenvalue weighted by Gasteiger charge is -2.22. The van der Waals surface area contributed by atoms with Gasteiger partial charge in [0, 0.05) is 13.1 Å². The van der Waals surface area contributed by atoms with Crippen LogP contribution in [0.5, 0.6) is 5.75 Å². The number of hydrogen-bond donors (Lipinski definition) is 2. The Hall–Kier alpha value is -2.26. The zero-order valence-corrected chi connectivity index (χ0v) is 17.0. The number of rotatable bonds is 4. The van der Waals surface area contributed by atoms with Crippen molar-refractivity contribution >= 4 is 34.8 Å².